The highest BCUT2D eigenvalue weighted by molar-refractivity contribution is 5.22. The van der Waals surface area contributed by atoms with E-state index in [1.807, 2.05) is 35.1 Å². The third kappa shape index (κ3) is 3.66. The minimum Gasteiger partial charge on any atom is -0.392 e. The van der Waals surface area contributed by atoms with E-state index in [0.717, 1.165) is 18.7 Å². The van der Waals surface area contributed by atoms with Gasteiger partial charge in [0, 0.05) is 30.9 Å². The van der Waals surface area contributed by atoms with Crippen molar-refractivity contribution >= 4 is 0 Å². The molecule has 0 aliphatic rings. The van der Waals surface area contributed by atoms with E-state index in [9.17, 15) is 0 Å². The zero-order chi connectivity index (χ0) is 13.7. The minimum atomic E-state index is 0.0975. The van der Waals surface area contributed by atoms with E-state index in [1.165, 1.54) is 11.1 Å². The molecule has 0 spiro atoms. The maximum Gasteiger partial charge on any atom is 0.0681 e. The summed E-state index contributed by atoms with van der Waals surface area (Å²) in [4.78, 5) is 0. The van der Waals surface area contributed by atoms with Gasteiger partial charge in [-0.2, -0.15) is 5.10 Å². The average Bonchev–Trinajstić information content (AvgIpc) is 2.94. The molecule has 0 saturated heterocycles. The van der Waals surface area contributed by atoms with E-state index in [1.54, 1.807) is 0 Å². The van der Waals surface area contributed by atoms with Gasteiger partial charge >= 0.3 is 0 Å². The lowest BCUT2D eigenvalue weighted by Gasteiger charge is -2.12. The van der Waals surface area contributed by atoms with E-state index >= 15 is 0 Å². The van der Waals surface area contributed by atoms with Gasteiger partial charge in [-0.05, 0) is 25.0 Å². The van der Waals surface area contributed by atoms with Gasteiger partial charge in [0.25, 0.3) is 0 Å². The van der Waals surface area contributed by atoms with Gasteiger partial charge in [0.05, 0.1) is 12.8 Å². The summed E-state index contributed by atoms with van der Waals surface area (Å²) in [6.07, 6.45) is 3.99. The fourth-order valence-electron chi connectivity index (χ4n) is 1.93. The van der Waals surface area contributed by atoms with Gasteiger partial charge in [-0.25, -0.2) is 0 Å². The van der Waals surface area contributed by atoms with Gasteiger partial charge in [-0.3, -0.25) is 4.68 Å². The maximum absolute atomic E-state index is 9.00. The smallest absolute Gasteiger partial charge is 0.0681 e. The Labute approximate surface area is 114 Å². The van der Waals surface area contributed by atoms with Crippen molar-refractivity contribution in [1.29, 1.82) is 0 Å². The monoisotopic (exact) mass is 259 g/mol. The lowest BCUT2D eigenvalue weighted by molar-refractivity contribution is 0.282. The number of aryl methyl sites for hydroxylation is 1. The van der Waals surface area contributed by atoms with Crippen LogP contribution in [-0.2, 0) is 19.7 Å². The largest absolute Gasteiger partial charge is 0.392 e. The molecule has 1 heterocycles. The van der Waals surface area contributed by atoms with Crippen LogP contribution < -0.4 is 5.32 Å². The van der Waals surface area contributed by atoms with Gasteiger partial charge in [-0.1, -0.05) is 24.3 Å². The number of benzene rings is 1. The van der Waals surface area contributed by atoms with E-state index in [2.05, 4.69) is 30.5 Å². The van der Waals surface area contributed by atoms with Crippen molar-refractivity contribution in [2.75, 3.05) is 0 Å². The third-order valence-corrected chi connectivity index (χ3v) is 3.30. The number of aliphatic hydroxyl groups excluding tert-OH is 1. The van der Waals surface area contributed by atoms with Crippen LogP contribution in [0.2, 0.25) is 0 Å². The van der Waals surface area contributed by atoms with Crippen LogP contribution in [0.15, 0.2) is 36.7 Å². The van der Waals surface area contributed by atoms with Gasteiger partial charge in [0.1, 0.15) is 0 Å². The van der Waals surface area contributed by atoms with E-state index in [0.29, 0.717) is 0 Å². The molecule has 0 aliphatic carbocycles. The lowest BCUT2D eigenvalue weighted by atomic mass is 10.1. The van der Waals surface area contributed by atoms with Crippen molar-refractivity contribution in [3.63, 3.8) is 0 Å². The second-order valence-corrected chi connectivity index (χ2v) is 4.71. The Morgan fingerprint density at radius 3 is 2.53 bits per heavy atom. The Morgan fingerprint density at radius 2 is 1.95 bits per heavy atom. The summed E-state index contributed by atoms with van der Waals surface area (Å²) in [5.41, 5.74) is 3.36. The molecular weight excluding hydrogens is 238 g/mol. The van der Waals surface area contributed by atoms with Crippen molar-refractivity contribution in [3.05, 3.63) is 53.3 Å². The average molecular weight is 259 g/mol. The number of hydrogen-bond donors (Lipinski definition) is 2. The first-order chi connectivity index (χ1) is 9.22. The predicted molar refractivity (Wildman–Crippen MR) is 75.5 cm³/mol. The van der Waals surface area contributed by atoms with E-state index in [-0.39, 0.29) is 12.6 Å². The van der Waals surface area contributed by atoms with Crippen LogP contribution in [0.25, 0.3) is 0 Å². The number of rotatable bonds is 6. The molecule has 0 fully saturated rings. The number of nitrogens with one attached hydrogen (secondary N) is 1. The molecule has 1 atom stereocenters. The summed E-state index contributed by atoms with van der Waals surface area (Å²) < 4.78 is 1.93. The zero-order valence-electron chi connectivity index (χ0n) is 11.5. The molecule has 2 aromatic rings. The SMILES string of the molecule is CCn1cc(C(C)NCc2ccc(CO)cc2)cn1. The highest BCUT2D eigenvalue weighted by Crippen LogP contribution is 2.12. The lowest BCUT2D eigenvalue weighted by Crippen LogP contribution is -2.17. The molecule has 19 heavy (non-hydrogen) atoms. The van der Waals surface area contributed by atoms with Crippen molar-refractivity contribution in [3.8, 4) is 0 Å². The molecule has 0 radical (unpaired) electrons. The van der Waals surface area contributed by atoms with Crippen LogP contribution in [0.4, 0.5) is 0 Å². The van der Waals surface area contributed by atoms with Crippen LogP contribution in [0.5, 0.6) is 0 Å². The fourth-order valence-corrected chi connectivity index (χ4v) is 1.93. The van der Waals surface area contributed by atoms with Crippen LogP contribution in [0.3, 0.4) is 0 Å². The van der Waals surface area contributed by atoms with E-state index in [4.69, 9.17) is 5.11 Å². The summed E-state index contributed by atoms with van der Waals surface area (Å²) in [7, 11) is 0. The molecule has 1 aromatic carbocycles. The molecule has 102 valence electrons. The molecule has 4 heteroatoms. The molecular formula is C15H21N3O. The molecule has 1 aromatic heterocycles. The summed E-state index contributed by atoms with van der Waals surface area (Å²) in [6, 6.07) is 8.27. The third-order valence-electron chi connectivity index (χ3n) is 3.30. The van der Waals surface area contributed by atoms with Crippen molar-refractivity contribution in [1.82, 2.24) is 15.1 Å². The van der Waals surface area contributed by atoms with Crippen molar-refractivity contribution in [2.24, 2.45) is 0 Å². The highest BCUT2D eigenvalue weighted by atomic mass is 16.3. The Bertz CT molecular complexity index is 504. The first-order valence-corrected chi connectivity index (χ1v) is 6.67. The fraction of sp³-hybridized carbons (Fsp3) is 0.400. The Kier molecular flexibility index (Phi) is 4.71. The quantitative estimate of drug-likeness (QED) is 0.836. The molecule has 0 aliphatic heterocycles. The van der Waals surface area contributed by atoms with Gasteiger partial charge < -0.3 is 10.4 Å². The normalized spacial score (nSPS) is 12.6. The number of aromatic nitrogens is 2. The minimum absolute atomic E-state index is 0.0975. The summed E-state index contributed by atoms with van der Waals surface area (Å²) >= 11 is 0. The van der Waals surface area contributed by atoms with Gasteiger partial charge in [0.2, 0.25) is 0 Å². The Hall–Kier alpha value is -1.65. The summed E-state index contributed by atoms with van der Waals surface area (Å²) in [5, 5.41) is 16.8. The Balaban J connectivity index is 1.90. The highest BCUT2D eigenvalue weighted by Gasteiger charge is 2.07. The first kappa shape index (κ1) is 13.8. The predicted octanol–water partition coefficient (Wildman–Crippen LogP) is 2.25. The molecule has 4 nitrogen and oxygen atoms in total. The summed E-state index contributed by atoms with van der Waals surface area (Å²) in [5.74, 6) is 0. The molecule has 0 bridgehead atoms. The van der Waals surface area contributed by atoms with Crippen molar-refractivity contribution < 1.29 is 5.11 Å². The number of nitrogens with zero attached hydrogens (tertiary/aromatic N) is 2. The van der Waals surface area contributed by atoms with Crippen LogP contribution in [0.1, 0.15) is 36.6 Å². The molecule has 0 saturated carbocycles. The second-order valence-electron chi connectivity index (χ2n) is 4.71. The number of aliphatic hydroxyl groups is 1. The van der Waals surface area contributed by atoms with Gasteiger partial charge in [-0.15, -0.1) is 0 Å². The van der Waals surface area contributed by atoms with Crippen molar-refractivity contribution in [2.45, 2.75) is 39.6 Å². The summed E-state index contributed by atoms with van der Waals surface area (Å²) in [6.45, 7) is 6.02. The molecule has 2 N–H and O–H groups in total. The topological polar surface area (TPSA) is 50.1 Å². The number of hydrogen-bond acceptors (Lipinski definition) is 3. The van der Waals surface area contributed by atoms with Crippen LogP contribution >= 0.6 is 0 Å². The zero-order valence-corrected chi connectivity index (χ0v) is 11.5. The molecule has 0 amide bonds. The first-order valence-electron chi connectivity index (χ1n) is 6.67. The van der Waals surface area contributed by atoms with Crippen LogP contribution in [-0.4, -0.2) is 14.9 Å². The second kappa shape index (κ2) is 6.50. The molecule has 1 unspecified atom stereocenters. The van der Waals surface area contributed by atoms with E-state index < -0.39 is 0 Å². The van der Waals surface area contributed by atoms with Crippen LogP contribution in [0, 0.1) is 0 Å². The van der Waals surface area contributed by atoms with Gasteiger partial charge in [0.15, 0.2) is 0 Å². The molecule has 2 rings (SSSR count). The maximum atomic E-state index is 9.00. The standard InChI is InChI=1S/C15H21N3O/c1-3-18-10-15(9-17-18)12(2)16-8-13-4-6-14(11-19)7-5-13/h4-7,9-10,12,16,19H,3,8,11H2,1-2H3. The Morgan fingerprint density at radius 1 is 1.26 bits per heavy atom.